The maximum absolute atomic E-state index is 12.3. The second-order valence-corrected chi connectivity index (χ2v) is 3.48. The zero-order valence-corrected chi connectivity index (χ0v) is 7.82. The van der Waals surface area contributed by atoms with E-state index in [1.807, 2.05) is 0 Å². The lowest BCUT2D eigenvalue weighted by atomic mass is 10.5. The third-order valence-electron chi connectivity index (χ3n) is 0.976. The van der Waals surface area contributed by atoms with Gasteiger partial charge in [0.1, 0.15) is 0 Å². The van der Waals surface area contributed by atoms with E-state index in [9.17, 15) is 8.96 Å². The predicted molar refractivity (Wildman–Crippen MR) is 43.7 cm³/mol. The first-order valence-electron chi connectivity index (χ1n) is 3.55. The van der Waals surface area contributed by atoms with Crippen molar-refractivity contribution in [2.24, 2.45) is 0 Å². The van der Waals surface area contributed by atoms with Crippen LogP contribution in [0.5, 0.6) is 0 Å². The summed E-state index contributed by atoms with van der Waals surface area (Å²) in [6, 6.07) is 0. The first-order valence-corrected chi connectivity index (χ1v) is 5.04. The van der Waals surface area contributed by atoms with Crippen molar-refractivity contribution < 1.29 is 28.0 Å². The second kappa shape index (κ2) is 6.23. The molecule has 0 aromatic carbocycles. The van der Waals surface area contributed by atoms with Gasteiger partial charge < -0.3 is 10.00 Å². The summed E-state index contributed by atoms with van der Waals surface area (Å²) in [7, 11) is -4.35. The van der Waals surface area contributed by atoms with Crippen LogP contribution in [0.15, 0.2) is 12.7 Å². The Kier molecular flexibility index (Phi) is 6.11. The molecule has 2 atom stereocenters. The van der Waals surface area contributed by atoms with Gasteiger partial charge in [-0.25, -0.2) is 13.5 Å². The van der Waals surface area contributed by atoms with Gasteiger partial charge in [-0.2, -0.15) is 0 Å². The monoisotopic (exact) mass is 214 g/mol. The van der Waals surface area contributed by atoms with E-state index in [2.05, 4.69) is 15.6 Å². The lowest BCUT2D eigenvalue weighted by molar-refractivity contribution is 0.0546. The fourth-order valence-electron chi connectivity index (χ4n) is 0.445. The zero-order valence-electron chi connectivity index (χ0n) is 6.93. The van der Waals surface area contributed by atoms with Crippen molar-refractivity contribution in [3.8, 4) is 0 Å². The number of phosphoric ester groups is 1. The fourth-order valence-corrected chi connectivity index (χ4v) is 1.21. The Hall–Kier alpha value is -0.260. The Balaban J connectivity index is 3.79. The summed E-state index contributed by atoms with van der Waals surface area (Å²) in [6.07, 6.45) is -1.14. The Bertz CT molecular complexity index is 197. The molecule has 0 aromatic heterocycles. The van der Waals surface area contributed by atoms with Crippen LogP contribution in [0.4, 0.5) is 4.39 Å². The van der Waals surface area contributed by atoms with Gasteiger partial charge in [-0.3, -0.25) is 4.52 Å². The average molecular weight is 214 g/mol. The van der Waals surface area contributed by atoms with E-state index < -0.39 is 14.2 Å². The highest BCUT2D eigenvalue weighted by molar-refractivity contribution is 7.47. The highest BCUT2D eigenvalue weighted by Gasteiger charge is 2.24. The van der Waals surface area contributed by atoms with Crippen LogP contribution in [0.1, 0.15) is 6.42 Å². The van der Waals surface area contributed by atoms with Gasteiger partial charge in [0.25, 0.3) is 0 Å². The highest BCUT2D eigenvalue weighted by atomic mass is 31.2. The summed E-state index contributed by atoms with van der Waals surface area (Å²) in [4.78, 5) is 8.78. The van der Waals surface area contributed by atoms with Gasteiger partial charge in [-0.1, -0.05) is 6.58 Å². The number of halogens is 1. The standard InChI is InChI=1S/C6H12FO5P/c1-2-6(7)12-13(9,10)11-5-3-4-8/h2,6,8H,1,3-5H2,(H,9,10). The highest BCUT2D eigenvalue weighted by Crippen LogP contribution is 2.44. The van der Waals surface area contributed by atoms with E-state index in [-0.39, 0.29) is 19.6 Å². The largest absolute Gasteiger partial charge is 0.475 e. The van der Waals surface area contributed by atoms with Crippen LogP contribution in [0.2, 0.25) is 0 Å². The predicted octanol–water partition coefficient (Wildman–Crippen LogP) is 0.984. The molecule has 0 bridgehead atoms. The van der Waals surface area contributed by atoms with E-state index in [1.54, 1.807) is 0 Å². The third kappa shape index (κ3) is 6.86. The molecular formula is C6H12FO5P. The molecule has 5 nitrogen and oxygen atoms in total. The molecule has 2 unspecified atom stereocenters. The van der Waals surface area contributed by atoms with E-state index >= 15 is 0 Å². The Morgan fingerprint density at radius 2 is 2.31 bits per heavy atom. The van der Waals surface area contributed by atoms with Gasteiger partial charge in [-0.05, 0) is 12.5 Å². The number of phosphoric acid groups is 1. The molecule has 0 amide bonds. The van der Waals surface area contributed by atoms with Crippen LogP contribution in [0, 0.1) is 0 Å². The summed E-state index contributed by atoms with van der Waals surface area (Å²) in [5.41, 5.74) is 0. The molecular weight excluding hydrogens is 202 g/mol. The lowest BCUT2D eigenvalue weighted by Gasteiger charge is -2.12. The Morgan fingerprint density at radius 1 is 1.69 bits per heavy atom. The molecule has 13 heavy (non-hydrogen) atoms. The van der Waals surface area contributed by atoms with Gasteiger partial charge >= 0.3 is 7.82 Å². The fraction of sp³-hybridized carbons (Fsp3) is 0.667. The minimum absolute atomic E-state index is 0.172. The Labute approximate surface area is 75.4 Å². The smallest absolute Gasteiger partial charge is 0.396 e. The van der Waals surface area contributed by atoms with E-state index in [4.69, 9.17) is 10.00 Å². The minimum atomic E-state index is -4.35. The van der Waals surface area contributed by atoms with Crippen LogP contribution in [-0.2, 0) is 13.6 Å². The quantitative estimate of drug-likeness (QED) is 0.375. The van der Waals surface area contributed by atoms with Crippen molar-refractivity contribution in [2.45, 2.75) is 12.8 Å². The van der Waals surface area contributed by atoms with E-state index in [0.717, 1.165) is 6.08 Å². The van der Waals surface area contributed by atoms with Crippen LogP contribution < -0.4 is 0 Å². The van der Waals surface area contributed by atoms with Crippen molar-refractivity contribution in [2.75, 3.05) is 13.2 Å². The summed E-state index contributed by atoms with van der Waals surface area (Å²) >= 11 is 0. The van der Waals surface area contributed by atoms with Crippen LogP contribution in [0.25, 0.3) is 0 Å². The maximum atomic E-state index is 12.3. The second-order valence-electron chi connectivity index (χ2n) is 2.07. The molecule has 0 aliphatic carbocycles. The first kappa shape index (κ1) is 12.7. The Morgan fingerprint density at radius 3 is 2.77 bits per heavy atom. The SMILES string of the molecule is C=CC(F)OP(=O)(O)OCCCO. The molecule has 0 radical (unpaired) electrons. The number of aliphatic hydroxyl groups excluding tert-OH is 1. The third-order valence-corrected chi connectivity index (χ3v) is 1.95. The van der Waals surface area contributed by atoms with Gasteiger partial charge in [0.2, 0.25) is 6.36 Å². The zero-order chi connectivity index (χ0) is 10.3. The normalized spacial score (nSPS) is 17.8. The van der Waals surface area contributed by atoms with Crippen LogP contribution >= 0.6 is 7.82 Å². The number of hydrogen-bond donors (Lipinski definition) is 2. The molecule has 2 N–H and O–H groups in total. The lowest BCUT2D eigenvalue weighted by Crippen LogP contribution is -2.04. The average Bonchev–Trinajstić information content (AvgIpc) is 2.03. The molecule has 78 valence electrons. The minimum Gasteiger partial charge on any atom is -0.396 e. The summed E-state index contributed by atoms with van der Waals surface area (Å²) in [5, 5.41) is 8.31. The van der Waals surface area contributed by atoms with E-state index in [0.29, 0.717) is 0 Å². The molecule has 0 fully saturated rings. The van der Waals surface area contributed by atoms with Crippen molar-refractivity contribution in [3.63, 3.8) is 0 Å². The summed E-state index contributed by atoms with van der Waals surface area (Å²) < 4.78 is 31.4. The van der Waals surface area contributed by atoms with Crippen molar-refractivity contribution in [3.05, 3.63) is 12.7 Å². The molecule has 0 spiro atoms. The van der Waals surface area contributed by atoms with E-state index in [1.165, 1.54) is 0 Å². The van der Waals surface area contributed by atoms with Gasteiger partial charge in [0.15, 0.2) is 0 Å². The number of hydrogen-bond acceptors (Lipinski definition) is 4. The van der Waals surface area contributed by atoms with Crippen LogP contribution in [0.3, 0.4) is 0 Å². The number of alkyl halides is 1. The van der Waals surface area contributed by atoms with Crippen molar-refractivity contribution >= 4 is 7.82 Å². The molecule has 0 heterocycles. The molecule has 0 aliphatic heterocycles. The summed E-state index contributed by atoms with van der Waals surface area (Å²) in [6.45, 7) is 2.66. The first-order chi connectivity index (χ1) is 6.02. The molecule has 0 saturated carbocycles. The number of aliphatic hydroxyl groups is 1. The van der Waals surface area contributed by atoms with Gasteiger partial charge in [0.05, 0.1) is 6.61 Å². The molecule has 0 saturated heterocycles. The number of rotatable bonds is 7. The van der Waals surface area contributed by atoms with Gasteiger partial charge in [0, 0.05) is 6.61 Å². The topological polar surface area (TPSA) is 76.0 Å². The van der Waals surface area contributed by atoms with Crippen molar-refractivity contribution in [1.82, 2.24) is 0 Å². The van der Waals surface area contributed by atoms with Gasteiger partial charge in [-0.15, -0.1) is 0 Å². The summed E-state index contributed by atoms with van der Waals surface area (Å²) in [5.74, 6) is 0. The maximum Gasteiger partial charge on any atom is 0.475 e. The molecule has 0 aromatic rings. The van der Waals surface area contributed by atoms with Crippen molar-refractivity contribution in [1.29, 1.82) is 0 Å². The molecule has 0 aliphatic rings. The molecule has 0 rings (SSSR count). The molecule has 7 heteroatoms. The van der Waals surface area contributed by atoms with Crippen LogP contribution in [-0.4, -0.2) is 29.6 Å².